The lowest BCUT2D eigenvalue weighted by molar-refractivity contribution is -0.141. The van der Waals surface area contributed by atoms with Gasteiger partial charge in [0.05, 0.1) is 0 Å². The Morgan fingerprint density at radius 3 is 2.65 bits per heavy atom. The Labute approximate surface area is 116 Å². The van der Waals surface area contributed by atoms with E-state index in [0.717, 1.165) is 25.6 Å². The summed E-state index contributed by atoms with van der Waals surface area (Å²) >= 11 is 0. The molecule has 7 heteroatoms. The molecule has 0 amide bonds. The number of aromatic nitrogens is 2. The molecule has 0 aliphatic carbocycles. The van der Waals surface area contributed by atoms with E-state index >= 15 is 0 Å². The summed E-state index contributed by atoms with van der Waals surface area (Å²) in [6, 6.07) is 1.27. The van der Waals surface area contributed by atoms with Crippen molar-refractivity contribution in [1.29, 1.82) is 0 Å². The Bertz CT molecular complexity index is 445. The van der Waals surface area contributed by atoms with E-state index in [-0.39, 0.29) is 5.95 Å². The molecule has 0 N–H and O–H groups in total. The van der Waals surface area contributed by atoms with Gasteiger partial charge in [-0.3, -0.25) is 4.90 Å². The van der Waals surface area contributed by atoms with Crippen LogP contribution < -0.4 is 4.90 Å². The molecule has 1 aromatic rings. The number of anilines is 1. The lowest BCUT2D eigenvalue weighted by atomic mass is 10.2. The quantitative estimate of drug-likeness (QED) is 0.851. The Morgan fingerprint density at radius 2 is 2.05 bits per heavy atom. The molecule has 1 aromatic heterocycles. The van der Waals surface area contributed by atoms with Gasteiger partial charge in [0.1, 0.15) is 5.69 Å². The van der Waals surface area contributed by atoms with Gasteiger partial charge >= 0.3 is 6.18 Å². The van der Waals surface area contributed by atoms with Crippen molar-refractivity contribution in [2.75, 3.05) is 31.1 Å². The first kappa shape index (κ1) is 15.0. The van der Waals surface area contributed by atoms with Crippen molar-refractivity contribution in [3.8, 4) is 0 Å². The maximum atomic E-state index is 12.7. The van der Waals surface area contributed by atoms with E-state index in [9.17, 15) is 13.2 Å². The summed E-state index contributed by atoms with van der Waals surface area (Å²) in [6.07, 6.45) is -2.31. The maximum absolute atomic E-state index is 12.7. The van der Waals surface area contributed by atoms with Crippen molar-refractivity contribution in [1.82, 2.24) is 14.9 Å². The van der Waals surface area contributed by atoms with Gasteiger partial charge in [-0.2, -0.15) is 13.2 Å². The van der Waals surface area contributed by atoms with E-state index in [0.29, 0.717) is 19.1 Å². The standard InChI is InChI=1S/C13H19F3N4/c1-3-19(4-2)10-6-8-20(9-10)12-17-7-5-11(18-12)13(14,15)16/h5,7,10H,3-4,6,8-9H2,1-2H3/t10-/m0/s1. The maximum Gasteiger partial charge on any atom is 0.433 e. The summed E-state index contributed by atoms with van der Waals surface area (Å²) in [4.78, 5) is 11.8. The Hall–Kier alpha value is -1.37. The number of nitrogens with zero attached hydrogens (tertiary/aromatic N) is 4. The first-order valence-corrected chi connectivity index (χ1v) is 6.85. The summed E-state index contributed by atoms with van der Waals surface area (Å²) in [5.74, 6) is 0.175. The topological polar surface area (TPSA) is 32.3 Å². The number of hydrogen-bond donors (Lipinski definition) is 0. The fourth-order valence-corrected chi connectivity index (χ4v) is 2.62. The molecule has 1 saturated heterocycles. The second-order valence-corrected chi connectivity index (χ2v) is 4.85. The molecular formula is C13H19F3N4. The zero-order chi connectivity index (χ0) is 14.8. The van der Waals surface area contributed by atoms with Crippen LogP contribution in [0.15, 0.2) is 12.3 Å². The Balaban J connectivity index is 2.10. The molecule has 0 bridgehead atoms. The van der Waals surface area contributed by atoms with E-state index in [1.54, 1.807) is 0 Å². The average Bonchev–Trinajstić information content (AvgIpc) is 2.89. The van der Waals surface area contributed by atoms with Crippen molar-refractivity contribution in [3.63, 3.8) is 0 Å². The molecule has 0 aromatic carbocycles. The highest BCUT2D eigenvalue weighted by Gasteiger charge is 2.34. The molecule has 4 nitrogen and oxygen atoms in total. The molecular weight excluding hydrogens is 269 g/mol. The van der Waals surface area contributed by atoms with Crippen molar-refractivity contribution in [2.24, 2.45) is 0 Å². The number of rotatable bonds is 4. The number of hydrogen-bond acceptors (Lipinski definition) is 4. The molecule has 0 radical (unpaired) electrons. The van der Waals surface area contributed by atoms with Gasteiger partial charge in [-0.05, 0) is 25.6 Å². The first-order valence-electron chi connectivity index (χ1n) is 6.85. The second-order valence-electron chi connectivity index (χ2n) is 4.85. The molecule has 112 valence electrons. The summed E-state index contributed by atoms with van der Waals surface area (Å²) < 4.78 is 38.0. The monoisotopic (exact) mass is 288 g/mol. The van der Waals surface area contributed by atoms with Gasteiger partial charge in [-0.1, -0.05) is 13.8 Å². The number of alkyl halides is 3. The van der Waals surface area contributed by atoms with Gasteiger partial charge in [0.25, 0.3) is 0 Å². The van der Waals surface area contributed by atoms with Crippen LogP contribution in [0.2, 0.25) is 0 Å². The molecule has 0 spiro atoms. The van der Waals surface area contributed by atoms with Gasteiger partial charge in [0, 0.05) is 25.3 Å². The van der Waals surface area contributed by atoms with Gasteiger partial charge < -0.3 is 4.90 Å². The Kier molecular flexibility index (Phi) is 4.47. The summed E-state index contributed by atoms with van der Waals surface area (Å²) in [5.41, 5.74) is -0.881. The number of likely N-dealkylation sites (N-methyl/N-ethyl adjacent to an activating group) is 1. The highest BCUT2D eigenvalue weighted by Crippen LogP contribution is 2.29. The fraction of sp³-hybridized carbons (Fsp3) is 0.692. The second kappa shape index (κ2) is 5.95. The largest absolute Gasteiger partial charge is 0.433 e. The smallest absolute Gasteiger partial charge is 0.339 e. The summed E-state index contributed by atoms with van der Waals surface area (Å²) in [7, 11) is 0. The lowest BCUT2D eigenvalue weighted by Crippen LogP contribution is -2.37. The zero-order valence-corrected chi connectivity index (χ0v) is 11.7. The van der Waals surface area contributed by atoms with Crippen LogP contribution in [-0.2, 0) is 6.18 Å². The van der Waals surface area contributed by atoms with Crippen LogP contribution in [0, 0.1) is 0 Å². The van der Waals surface area contributed by atoms with E-state index in [1.165, 1.54) is 6.20 Å². The molecule has 1 aliphatic heterocycles. The van der Waals surface area contributed by atoms with E-state index in [4.69, 9.17) is 0 Å². The fourth-order valence-electron chi connectivity index (χ4n) is 2.62. The number of halogens is 3. The zero-order valence-electron chi connectivity index (χ0n) is 11.7. The first-order chi connectivity index (χ1) is 9.45. The molecule has 2 heterocycles. The predicted molar refractivity (Wildman–Crippen MR) is 70.6 cm³/mol. The van der Waals surface area contributed by atoms with Crippen LogP contribution in [0.25, 0.3) is 0 Å². The summed E-state index contributed by atoms with van der Waals surface area (Å²) in [5, 5.41) is 0. The lowest BCUT2D eigenvalue weighted by Gasteiger charge is -2.26. The van der Waals surface area contributed by atoms with E-state index in [2.05, 4.69) is 28.7 Å². The van der Waals surface area contributed by atoms with Crippen LogP contribution in [0.3, 0.4) is 0 Å². The molecule has 0 saturated carbocycles. The van der Waals surface area contributed by atoms with Crippen molar-refractivity contribution < 1.29 is 13.2 Å². The normalized spacial score (nSPS) is 19.9. The highest BCUT2D eigenvalue weighted by molar-refractivity contribution is 5.33. The van der Waals surface area contributed by atoms with Crippen LogP contribution in [0.4, 0.5) is 19.1 Å². The molecule has 2 rings (SSSR count). The van der Waals surface area contributed by atoms with Gasteiger partial charge in [0.15, 0.2) is 0 Å². The molecule has 1 atom stereocenters. The van der Waals surface area contributed by atoms with Crippen LogP contribution in [0.1, 0.15) is 26.0 Å². The third-order valence-corrected chi connectivity index (χ3v) is 3.71. The minimum absolute atomic E-state index is 0.175. The molecule has 1 aliphatic rings. The van der Waals surface area contributed by atoms with Crippen molar-refractivity contribution >= 4 is 5.95 Å². The molecule has 20 heavy (non-hydrogen) atoms. The third kappa shape index (κ3) is 3.20. The SMILES string of the molecule is CCN(CC)[C@H]1CCN(c2nccc(C(F)(F)F)n2)C1. The minimum atomic E-state index is -4.42. The van der Waals surface area contributed by atoms with Gasteiger partial charge in [0.2, 0.25) is 5.95 Å². The van der Waals surface area contributed by atoms with Crippen LogP contribution in [0.5, 0.6) is 0 Å². The molecule has 0 unspecified atom stereocenters. The van der Waals surface area contributed by atoms with Gasteiger partial charge in [-0.25, -0.2) is 9.97 Å². The Morgan fingerprint density at radius 1 is 1.35 bits per heavy atom. The highest BCUT2D eigenvalue weighted by atomic mass is 19.4. The van der Waals surface area contributed by atoms with Gasteiger partial charge in [-0.15, -0.1) is 0 Å². The van der Waals surface area contributed by atoms with Crippen molar-refractivity contribution in [2.45, 2.75) is 32.5 Å². The minimum Gasteiger partial charge on any atom is -0.339 e. The third-order valence-electron chi connectivity index (χ3n) is 3.71. The van der Waals surface area contributed by atoms with E-state index < -0.39 is 11.9 Å². The van der Waals surface area contributed by atoms with E-state index in [1.807, 2.05) is 4.90 Å². The van der Waals surface area contributed by atoms with Crippen molar-refractivity contribution in [3.05, 3.63) is 18.0 Å². The van der Waals surface area contributed by atoms with Crippen LogP contribution in [-0.4, -0.2) is 47.1 Å². The summed E-state index contributed by atoms with van der Waals surface area (Å²) in [6.45, 7) is 7.45. The molecule has 1 fully saturated rings. The van der Waals surface area contributed by atoms with Crippen LogP contribution >= 0.6 is 0 Å². The average molecular weight is 288 g/mol. The predicted octanol–water partition coefficient (Wildman–Crippen LogP) is 2.42.